The Morgan fingerprint density at radius 3 is 2.41 bits per heavy atom. The van der Waals surface area contributed by atoms with Crippen molar-refractivity contribution in [1.82, 2.24) is 4.31 Å². The van der Waals surface area contributed by atoms with E-state index in [1.165, 1.54) is 6.07 Å². The first-order valence-corrected chi connectivity index (χ1v) is 9.74. The molecule has 1 aliphatic rings. The van der Waals surface area contributed by atoms with Crippen molar-refractivity contribution < 1.29 is 27.0 Å². The van der Waals surface area contributed by atoms with Crippen LogP contribution in [0.2, 0.25) is 0 Å². The first kappa shape index (κ1) is 19.3. The third-order valence-corrected chi connectivity index (χ3v) is 6.50. The van der Waals surface area contributed by atoms with Crippen molar-refractivity contribution in [2.24, 2.45) is 0 Å². The van der Waals surface area contributed by atoms with Crippen LogP contribution in [0.25, 0.3) is 0 Å². The molecule has 1 saturated heterocycles. The molecule has 1 heterocycles. The van der Waals surface area contributed by atoms with Crippen LogP contribution >= 0.6 is 0 Å². The van der Waals surface area contributed by atoms with E-state index in [-0.39, 0.29) is 18.8 Å². The van der Waals surface area contributed by atoms with Crippen LogP contribution in [0.3, 0.4) is 0 Å². The number of nitro groups is 1. The Bertz CT molecular complexity index is 960. The fourth-order valence-electron chi connectivity index (χ4n) is 3.15. The van der Waals surface area contributed by atoms with Gasteiger partial charge in [0, 0.05) is 12.1 Å². The number of sulfonamides is 1. The molecule has 0 aromatic heterocycles. The molecule has 0 aliphatic carbocycles. The van der Waals surface area contributed by atoms with Gasteiger partial charge in [0.2, 0.25) is 10.0 Å². The number of nitro benzene ring substituents is 1. The van der Waals surface area contributed by atoms with E-state index < -0.39 is 31.5 Å². The highest BCUT2D eigenvalue weighted by Crippen LogP contribution is 2.20. The molecule has 0 atom stereocenters. The molecular formula is C17H18F2N3O4S+. The Kier molecular flexibility index (Phi) is 5.49. The van der Waals surface area contributed by atoms with Gasteiger partial charge in [-0.3, -0.25) is 10.1 Å². The zero-order valence-electron chi connectivity index (χ0n) is 14.3. The van der Waals surface area contributed by atoms with Crippen LogP contribution in [0.5, 0.6) is 0 Å². The van der Waals surface area contributed by atoms with Crippen molar-refractivity contribution in [3.63, 3.8) is 0 Å². The standard InChI is InChI=1S/C17H17F2N3O4S/c18-14-5-6-17(15(19)11-14)27(25,26)21-9-7-20(8-10-21)12-13-3-1-2-4-16(13)22(23)24/h1-6,11H,7-10,12H2/p+1. The van der Waals surface area contributed by atoms with Gasteiger partial charge in [-0.05, 0) is 18.2 Å². The average molecular weight is 398 g/mol. The minimum Gasteiger partial charge on any atom is -0.329 e. The molecule has 10 heteroatoms. The zero-order valence-corrected chi connectivity index (χ0v) is 15.1. The first-order chi connectivity index (χ1) is 12.8. The van der Waals surface area contributed by atoms with Gasteiger partial charge in [0.05, 0.1) is 36.7 Å². The lowest BCUT2D eigenvalue weighted by atomic mass is 10.1. The molecule has 3 rings (SSSR count). The summed E-state index contributed by atoms with van der Waals surface area (Å²) in [6, 6.07) is 8.81. The molecule has 0 spiro atoms. The van der Waals surface area contributed by atoms with Crippen molar-refractivity contribution in [3.8, 4) is 0 Å². The SMILES string of the molecule is O=[N+]([O-])c1ccccc1C[NH+]1CCN(S(=O)(=O)c2ccc(F)cc2F)CC1. The van der Waals surface area contributed by atoms with Gasteiger partial charge >= 0.3 is 0 Å². The van der Waals surface area contributed by atoms with Crippen molar-refractivity contribution in [1.29, 1.82) is 0 Å². The summed E-state index contributed by atoms with van der Waals surface area (Å²) < 4.78 is 53.2. The summed E-state index contributed by atoms with van der Waals surface area (Å²) in [4.78, 5) is 11.1. The summed E-state index contributed by atoms with van der Waals surface area (Å²) in [6.45, 7) is 1.54. The summed E-state index contributed by atoms with van der Waals surface area (Å²) in [5.74, 6) is -1.96. The highest BCUT2D eigenvalue weighted by Gasteiger charge is 2.33. The Balaban J connectivity index is 1.69. The van der Waals surface area contributed by atoms with E-state index >= 15 is 0 Å². The highest BCUT2D eigenvalue weighted by atomic mass is 32.2. The van der Waals surface area contributed by atoms with Gasteiger partial charge in [0.25, 0.3) is 5.69 Å². The van der Waals surface area contributed by atoms with E-state index in [9.17, 15) is 27.3 Å². The number of rotatable bonds is 5. The van der Waals surface area contributed by atoms with Crippen molar-refractivity contribution in [2.75, 3.05) is 26.2 Å². The molecule has 27 heavy (non-hydrogen) atoms. The van der Waals surface area contributed by atoms with Gasteiger partial charge in [0.1, 0.15) is 23.1 Å². The van der Waals surface area contributed by atoms with E-state index in [0.717, 1.165) is 21.3 Å². The molecular weight excluding hydrogens is 380 g/mol. The second-order valence-electron chi connectivity index (χ2n) is 6.29. The summed E-state index contributed by atoms with van der Waals surface area (Å²) >= 11 is 0. The minimum absolute atomic E-state index is 0.0356. The van der Waals surface area contributed by atoms with E-state index in [4.69, 9.17) is 0 Å². The summed E-state index contributed by atoms with van der Waals surface area (Å²) in [7, 11) is -4.06. The lowest BCUT2D eigenvalue weighted by molar-refractivity contribution is -0.917. The number of para-hydroxylation sites is 1. The smallest absolute Gasteiger partial charge is 0.278 e. The molecule has 1 N–H and O–H groups in total. The topological polar surface area (TPSA) is 85.0 Å². The normalized spacial score (nSPS) is 16.4. The zero-order chi connectivity index (χ0) is 19.6. The van der Waals surface area contributed by atoms with Crippen LogP contribution in [0, 0.1) is 21.7 Å². The molecule has 7 nitrogen and oxygen atoms in total. The van der Waals surface area contributed by atoms with E-state index in [1.807, 2.05) is 0 Å². The fourth-order valence-corrected chi connectivity index (χ4v) is 4.64. The van der Waals surface area contributed by atoms with Crippen molar-refractivity contribution in [2.45, 2.75) is 11.4 Å². The number of hydrogen-bond acceptors (Lipinski definition) is 4. The number of halogens is 2. The Hall–Kier alpha value is -2.43. The van der Waals surface area contributed by atoms with Crippen molar-refractivity contribution >= 4 is 15.7 Å². The average Bonchev–Trinajstić information content (AvgIpc) is 2.62. The number of nitrogens with one attached hydrogen (secondary N) is 1. The molecule has 144 valence electrons. The first-order valence-electron chi connectivity index (χ1n) is 8.30. The Morgan fingerprint density at radius 2 is 1.78 bits per heavy atom. The third-order valence-electron chi connectivity index (χ3n) is 4.57. The van der Waals surface area contributed by atoms with Crippen molar-refractivity contribution in [3.05, 3.63) is 69.8 Å². The molecule has 0 saturated carbocycles. The predicted octanol–water partition coefficient (Wildman–Crippen LogP) is 0.962. The van der Waals surface area contributed by atoms with Gasteiger partial charge in [0.15, 0.2) is 0 Å². The third kappa shape index (κ3) is 4.12. The molecule has 0 amide bonds. The van der Waals surface area contributed by atoms with E-state index in [2.05, 4.69) is 0 Å². The van der Waals surface area contributed by atoms with Gasteiger partial charge in [-0.15, -0.1) is 0 Å². The Morgan fingerprint density at radius 1 is 1.11 bits per heavy atom. The highest BCUT2D eigenvalue weighted by molar-refractivity contribution is 7.89. The molecule has 0 radical (unpaired) electrons. The van der Waals surface area contributed by atoms with Crippen LogP contribution in [-0.2, 0) is 16.6 Å². The molecule has 2 aromatic carbocycles. The lowest BCUT2D eigenvalue weighted by Gasteiger charge is -2.31. The summed E-state index contributed by atoms with van der Waals surface area (Å²) in [5.41, 5.74) is 0.617. The maximum Gasteiger partial charge on any atom is 0.278 e. The largest absolute Gasteiger partial charge is 0.329 e. The van der Waals surface area contributed by atoms with Crippen LogP contribution < -0.4 is 4.90 Å². The predicted molar refractivity (Wildman–Crippen MR) is 92.6 cm³/mol. The maximum absolute atomic E-state index is 13.9. The fraction of sp³-hybridized carbons (Fsp3) is 0.294. The Labute approximate surface area is 155 Å². The number of nitrogens with zero attached hydrogens (tertiary/aromatic N) is 2. The molecule has 1 aliphatic heterocycles. The number of quaternary nitrogens is 1. The minimum atomic E-state index is -4.06. The molecule has 1 fully saturated rings. The summed E-state index contributed by atoms with van der Waals surface area (Å²) in [5, 5.41) is 11.1. The monoisotopic (exact) mass is 398 g/mol. The molecule has 0 bridgehead atoms. The summed E-state index contributed by atoms with van der Waals surface area (Å²) in [6.07, 6.45) is 0. The van der Waals surface area contributed by atoms with Crippen LogP contribution in [0.4, 0.5) is 14.5 Å². The van der Waals surface area contributed by atoms with Gasteiger partial charge < -0.3 is 4.90 Å². The maximum atomic E-state index is 13.9. The quantitative estimate of drug-likeness (QED) is 0.601. The van der Waals surface area contributed by atoms with Gasteiger partial charge in [-0.1, -0.05) is 12.1 Å². The second kappa shape index (κ2) is 7.67. The van der Waals surface area contributed by atoms with E-state index in [0.29, 0.717) is 31.3 Å². The number of hydrogen-bond donors (Lipinski definition) is 1. The lowest BCUT2D eigenvalue weighted by Crippen LogP contribution is -3.13. The second-order valence-corrected chi connectivity index (χ2v) is 8.20. The number of benzene rings is 2. The van der Waals surface area contributed by atoms with Crippen LogP contribution in [0.1, 0.15) is 5.56 Å². The van der Waals surface area contributed by atoms with Gasteiger partial charge in [-0.2, -0.15) is 4.31 Å². The molecule has 2 aromatic rings. The number of piperazine rings is 1. The van der Waals surface area contributed by atoms with E-state index in [1.54, 1.807) is 18.2 Å². The van der Waals surface area contributed by atoms with Crippen LogP contribution in [0.15, 0.2) is 47.4 Å². The molecule has 0 unspecified atom stereocenters. The van der Waals surface area contributed by atoms with Crippen LogP contribution in [-0.4, -0.2) is 43.8 Å². The van der Waals surface area contributed by atoms with Gasteiger partial charge in [-0.25, -0.2) is 17.2 Å².